The highest BCUT2D eigenvalue weighted by Crippen LogP contribution is 2.34. The molecule has 1 amide bonds. The Kier molecular flexibility index (Phi) is 5.58. The van der Waals surface area contributed by atoms with E-state index in [9.17, 15) is 4.79 Å². The third kappa shape index (κ3) is 4.24. The molecule has 0 spiro atoms. The van der Waals surface area contributed by atoms with Crippen LogP contribution in [0.25, 0.3) is 11.1 Å². The maximum absolute atomic E-state index is 12.7. The maximum atomic E-state index is 12.7. The highest BCUT2D eigenvalue weighted by molar-refractivity contribution is 7.15. The number of hydrogen-bond acceptors (Lipinski definition) is 4. The SMILES string of the molecule is CC(C)Oc1ccc(-c2csc(N)c2C(=O)NCc2ccccc2)cc1. The number of hydrogen-bond donors (Lipinski definition) is 2. The molecule has 1 heterocycles. The summed E-state index contributed by atoms with van der Waals surface area (Å²) >= 11 is 1.38. The van der Waals surface area contributed by atoms with Gasteiger partial charge in [-0.1, -0.05) is 42.5 Å². The summed E-state index contributed by atoms with van der Waals surface area (Å²) in [6, 6.07) is 17.5. The highest BCUT2D eigenvalue weighted by atomic mass is 32.1. The van der Waals surface area contributed by atoms with Crippen molar-refractivity contribution in [3.05, 3.63) is 71.1 Å². The lowest BCUT2D eigenvalue weighted by Crippen LogP contribution is -2.23. The minimum absolute atomic E-state index is 0.122. The molecule has 0 radical (unpaired) electrons. The summed E-state index contributed by atoms with van der Waals surface area (Å²) in [5, 5.41) is 5.40. The number of rotatable bonds is 6. The molecule has 0 fully saturated rings. The quantitative estimate of drug-likeness (QED) is 0.664. The summed E-state index contributed by atoms with van der Waals surface area (Å²) in [6.07, 6.45) is 0.122. The summed E-state index contributed by atoms with van der Waals surface area (Å²) in [5.41, 5.74) is 9.44. The van der Waals surface area contributed by atoms with Crippen molar-refractivity contribution in [1.82, 2.24) is 5.32 Å². The minimum atomic E-state index is -0.162. The van der Waals surface area contributed by atoms with E-state index in [1.165, 1.54) is 11.3 Å². The zero-order valence-corrected chi connectivity index (χ0v) is 15.7. The molecule has 134 valence electrons. The van der Waals surface area contributed by atoms with Crippen molar-refractivity contribution < 1.29 is 9.53 Å². The fourth-order valence-electron chi connectivity index (χ4n) is 2.67. The van der Waals surface area contributed by atoms with Gasteiger partial charge in [-0.2, -0.15) is 0 Å². The van der Waals surface area contributed by atoms with Gasteiger partial charge in [0.2, 0.25) is 0 Å². The van der Waals surface area contributed by atoms with E-state index in [0.29, 0.717) is 17.1 Å². The molecule has 2 aromatic carbocycles. The number of amides is 1. The first-order valence-electron chi connectivity index (χ1n) is 8.50. The van der Waals surface area contributed by atoms with Gasteiger partial charge in [-0.25, -0.2) is 0 Å². The van der Waals surface area contributed by atoms with E-state index in [1.54, 1.807) is 0 Å². The van der Waals surface area contributed by atoms with Crippen LogP contribution in [-0.4, -0.2) is 12.0 Å². The summed E-state index contributed by atoms with van der Waals surface area (Å²) in [4.78, 5) is 12.7. The third-order valence-electron chi connectivity index (χ3n) is 3.88. The largest absolute Gasteiger partial charge is 0.491 e. The van der Waals surface area contributed by atoms with Crippen molar-refractivity contribution in [3.63, 3.8) is 0 Å². The maximum Gasteiger partial charge on any atom is 0.255 e. The fourth-order valence-corrected chi connectivity index (χ4v) is 3.49. The molecule has 3 aromatic rings. The number of carbonyl (C=O) groups excluding carboxylic acids is 1. The van der Waals surface area contributed by atoms with E-state index >= 15 is 0 Å². The molecule has 0 aliphatic rings. The zero-order chi connectivity index (χ0) is 18.5. The monoisotopic (exact) mass is 366 g/mol. The number of nitrogens with two attached hydrogens (primary N) is 1. The van der Waals surface area contributed by atoms with Crippen molar-refractivity contribution in [2.24, 2.45) is 0 Å². The molecule has 0 saturated heterocycles. The average Bonchev–Trinajstić information content (AvgIpc) is 3.02. The molecule has 0 bridgehead atoms. The van der Waals surface area contributed by atoms with Crippen LogP contribution in [-0.2, 0) is 6.54 Å². The van der Waals surface area contributed by atoms with E-state index in [4.69, 9.17) is 10.5 Å². The Bertz CT molecular complexity index is 871. The van der Waals surface area contributed by atoms with E-state index in [2.05, 4.69) is 5.32 Å². The lowest BCUT2D eigenvalue weighted by Gasteiger charge is -2.11. The van der Waals surface area contributed by atoms with Crippen molar-refractivity contribution in [1.29, 1.82) is 0 Å². The molecular formula is C21H22N2O2S. The Balaban J connectivity index is 1.79. The number of benzene rings is 2. The first-order chi connectivity index (χ1) is 12.5. The molecule has 0 aliphatic carbocycles. The molecule has 5 heteroatoms. The molecule has 26 heavy (non-hydrogen) atoms. The van der Waals surface area contributed by atoms with Gasteiger partial charge in [0.15, 0.2) is 0 Å². The minimum Gasteiger partial charge on any atom is -0.491 e. The summed E-state index contributed by atoms with van der Waals surface area (Å²) < 4.78 is 5.67. The van der Waals surface area contributed by atoms with E-state index in [1.807, 2.05) is 73.8 Å². The number of nitrogens with one attached hydrogen (secondary N) is 1. The van der Waals surface area contributed by atoms with E-state index in [0.717, 1.165) is 22.4 Å². The molecular weight excluding hydrogens is 344 g/mol. The lowest BCUT2D eigenvalue weighted by atomic mass is 10.0. The number of thiophene rings is 1. The number of nitrogen functional groups attached to an aromatic ring is 1. The van der Waals surface area contributed by atoms with Gasteiger partial charge >= 0.3 is 0 Å². The van der Waals surface area contributed by atoms with E-state index in [-0.39, 0.29) is 12.0 Å². The van der Waals surface area contributed by atoms with Gasteiger partial charge in [-0.05, 0) is 37.1 Å². The van der Waals surface area contributed by atoms with Crippen LogP contribution in [0.15, 0.2) is 60.0 Å². The second-order valence-corrected chi connectivity index (χ2v) is 7.16. The van der Waals surface area contributed by atoms with Gasteiger partial charge in [0.1, 0.15) is 5.75 Å². The zero-order valence-electron chi connectivity index (χ0n) is 14.9. The number of anilines is 1. The normalized spacial score (nSPS) is 10.7. The fraction of sp³-hybridized carbons (Fsp3) is 0.190. The van der Waals surface area contributed by atoms with Crippen molar-refractivity contribution in [2.45, 2.75) is 26.5 Å². The second-order valence-electron chi connectivity index (χ2n) is 6.25. The van der Waals surface area contributed by atoms with Crippen molar-refractivity contribution in [3.8, 4) is 16.9 Å². The second kappa shape index (κ2) is 8.06. The van der Waals surface area contributed by atoms with Gasteiger partial charge in [0.05, 0.1) is 16.7 Å². The van der Waals surface area contributed by atoms with Crippen LogP contribution in [0.1, 0.15) is 29.8 Å². The van der Waals surface area contributed by atoms with Crippen molar-refractivity contribution >= 4 is 22.2 Å². The Labute approximate surface area is 157 Å². The first kappa shape index (κ1) is 18.0. The smallest absolute Gasteiger partial charge is 0.255 e. The molecule has 3 N–H and O–H groups in total. The molecule has 3 rings (SSSR count). The predicted octanol–water partition coefficient (Wildman–Crippen LogP) is 4.71. The van der Waals surface area contributed by atoms with Gasteiger partial charge in [-0.15, -0.1) is 11.3 Å². The van der Waals surface area contributed by atoms with Gasteiger partial charge in [0.25, 0.3) is 5.91 Å². The molecule has 0 aliphatic heterocycles. The van der Waals surface area contributed by atoms with Crippen LogP contribution >= 0.6 is 11.3 Å². The Morgan fingerprint density at radius 1 is 1.12 bits per heavy atom. The average molecular weight is 366 g/mol. The van der Waals surface area contributed by atoms with Crippen LogP contribution in [0, 0.1) is 0 Å². The van der Waals surface area contributed by atoms with E-state index < -0.39 is 0 Å². The Morgan fingerprint density at radius 2 is 1.81 bits per heavy atom. The van der Waals surface area contributed by atoms with Gasteiger partial charge in [-0.3, -0.25) is 4.79 Å². The lowest BCUT2D eigenvalue weighted by molar-refractivity contribution is 0.0953. The summed E-state index contributed by atoms with van der Waals surface area (Å²) in [7, 11) is 0. The topological polar surface area (TPSA) is 64.3 Å². The molecule has 0 unspecified atom stereocenters. The first-order valence-corrected chi connectivity index (χ1v) is 9.38. The van der Waals surface area contributed by atoms with Gasteiger partial charge in [0, 0.05) is 17.5 Å². The van der Waals surface area contributed by atoms with Crippen LogP contribution in [0.3, 0.4) is 0 Å². The number of carbonyl (C=O) groups is 1. The molecule has 0 saturated carbocycles. The third-order valence-corrected chi connectivity index (χ3v) is 4.69. The molecule has 0 atom stereocenters. The van der Waals surface area contributed by atoms with Crippen molar-refractivity contribution in [2.75, 3.05) is 5.73 Å². The van der Waals surface area contributed by atoms with Crippen LogP contribution < -0.4 is 15.8 Å². The van der Waals surface area contributed by atoms with Gasteiger partial charge < -0.3 is 15.8 Å². The molecule has 4 nitrogen and oxygen atoms in total. The standard InChI is InChI=1S/C21H22N2O2S/c1-14(2)25-17-10-8-16(9-11-17)18-13-26-20(22)19(18)21(24)23-12-15-6-4-3-5-7-15/h3-11,13-14H,12,22H2,1-2H3,(H,23,24). The summed E-state index contributed by atoms with van der Waals surface area (Å²) in [6.45, 7) is 4.45. The Morgan fingerprint density at radius 3 is 2.46 bits per heavy atom. The predicted molar refractivity (Wildman–Crippen MR) is 108 cm³/mol. The number of ether oxygens (including phenoxy) is 1. The van der Waals surface area contributed by atoms with Crippen LogP contribution in [0.5, 0.6) is 5.75 Å². The Hall–Kier alpha value is -2.79. The molecule has 1 aromatic heterocycles. The highest BCUT2D eigenvalue weighted by Gasteiger charge is 2.18. The van der Waals surface area contributed by atoms with Crippen LogP contribution in [0.2, 0.25) is 0 Å². The summed E-state index contributed by atoms with van der Waals surface area (Å²) in [5.74, 6) is 0.646. The van der Waals surface area contributed by atoms with Crippen LogP contribution in [0.4, 0.5) is 5.00 Å².